The zero-order valence-electron chi connectivity index (χ0n) is 17.9. The fourth-order valence-electron chi connectivity index (χ4n) is 3.48. The molecule has 0 aliphatic carbocycles. The van der Waals surface area contributed by atoms with Crippen molar-refractivity contribution in [2.45, 2.75) is 12.6 Å². The van der Waals surface area contributed by atoms with Crippen LogP contribution < -0.4 is 5.32 Å². The van der Waals surface area contributed by atoms with Crippen LogP contribution in [0.5, 0.6) is 0 Å². The van der Waals surface area contributed by atoms with Gasteiger partial charge in [-0.15, -0.1) is 0 Å². The van der Waals surface area contributed by atoms with Crippen molar-refractivity contribution in [3.8, 4) is 0 Å². The Labute approximate surface area is 194 Å². The summed E-state index contributed by atoms with van der Waals surface area (Å²) in [6.45, 7) is 0.0785. The van der Waals surface area contributed by atoms with Crippen molar-refractivity contribution in [3.63, 3.8) is 0 Å². The van der Waals surface area contributed by atoms with Gasteiger partial charge in [0.1, 0.15) is 23.4 Å². The fraction of sp³-hybridized carbons (Fsp3) is 0.0769. The SMILES string of the molecule is O=C(Nc1ccc(F)cc1)C(c1ccc(F)cc1)N(Cc1ccccc1)C(=O)c1cnccn1. The van der Waals surface area contributed by atoms with Crippen molar-refractivity contribution in [1.29, 1.82) is 0 Å². The second kappa shape index (κ2) is 10.4. The van der Waals surface area contributed by atoms with E-state index in [2.05, 4.69) is 15.3 Å². The van der Waals surface area contributed by atoms with Crippen LogP contribution >= 0.6 is 0 Å². The number of nitrogens with one attached hydrogen (secondary N) is 1. The van der Waals surface area contributed by atoms with Crippen molar-refractivity contribution in [3.05, 3.63) is 126 Å². The van der Waals surface area contributed by atoms with E-state index < -0.39 is 29.5 Å². The van der Waals surface area contributed by atoms with Crippen LogP contribution in [0.25, 0.3) is 0 Å². The molecule has 4 rings (SSSR count). The second-order valence-electron chi connectivity index (χ2n) is 7.46. The van der Waals surface area contributed by atoms with Crippen LogP contribution in [0.4, 0.5) is 14.5 Å². The lowest BCUT2D eigenvalue weighted by Gasteiger charge is -2.31. The molecule has 0 aliphatic rings. The van der Waals surface area contributed by atoms with Gasteiger partial charge < -0.3 is 10.2 Å². The molecule has 170 valence electrons. The molecule has 0 bridgehead atoms. The number of nitrogens with zero attached hydrogens (tertiary/aromatic N) is 3. The summed E-state index contributed by atoms with van der Waals surface area (Å²) in [6, 6.07) is 18.6. The van der Waals surface area contributed by atoms with Crippen LogP contribution in [0, 0.1) is 11.6 Å². The lowest BCUT2D eigenvalue weighted by Crippen LogP contribution is -2.41. The Hall–Kier alpha value is -4.46. The first-order valence-electron chi connectivity index (χ1n) is 10.4. The highest BCUT2D eigenvalue weighted by atomic mass is 19.1. The molecule has 3 aromatic carbocycles. The number of hydrogen-bond acceptors (Lipinski definition) is 4. The third kappa shape index (κ3) is 5.47. The van der Waals surface area contributed by atoms with Crippen LogP contribution in [-0.4, -0.2) is 26.7 Å². The van der Waals surface area contributed by atoms with E-state index in [1.807, 2.05) is 30.3 Å². The number of anilines is 1. The van der Waals surface area contributed by atoms with Gasteiger partial charge in [0.05, 0.1) is 6.20 Å². The van der Waals surface area contributed by atoms with Gasteiger partial charge in [-0.25, -0.2) is 13.8 Å². The predicted octanol–water partition coefficient (Wildman–Crippen LogP) is 4.78. The summed E-state index contributed by atoms with van der Waals surface area (Å²) in [4.78, 5) is 36.5. The Kier molecular flexibility index (Phi) is 6.98. The van der Waals surface area contributed by atoms with Crippen LogP contribution in [0.2, 0.25) is 0 Å². The molecule has 0 aliphatic heterocycles. The number of aromatic nitrogens is 2. The minimum absolute atomic E-state index is 0.0557. The highest BCUT2D eigenvalue weighted by Crippen LogP contribution is 2.27. The van der Waals surface area contributed by atoms with E-state index in [1.165, 1.54) is 72.0 Å². The van der Waals surface area contributed by atoms with E-state index in [1.54, 1.807) is 0 Å². The number of hydrogen-bond donors (Lipinski definition) is 1. The molecule has 0 saturated carbocycles. The van der Waals surface area contributed by atoms with Gasteiger partial charge in [0.2, 0.25) is 0 Å². The van der Waals surface area contributed by atoms with Crippen LogP contribution in [0.15, 0.2) is 97.5 Å². The van der Waals surface area contributed by atoms with E-state index >= 15 is 0 Å². The van der Waals surface area contributed by atoms with Crippen molar-refractivity contribution >= 4 is 17.5 Å². The van der Waals surface area contributed by atoms with E-state index in [0.29, 0.717) is 11.3 Å². The number of amides is 2. The van der Waals surface area contributed by atoms with Gasteiger partial charge >= 0.3 is 0 Å². The van der Waals surface area contributed by atoms with Gasteiger partial charge in [-0.1, -0.05) is 42.5 Å². The molecule has 8 heteroatoms. The summed E-state index contributed by atoms with van der Waals surface area (Å²) in [5, 5.41) is 2.73. The lowest BCUT2D eigenvalue weighted by molar-refractivity contribution is -0.121. The number of benzene rings is 3. The number of carbonyl (C=O) groups is 2. The standard InChI is InChI=1S/C26H20F2N4O2/c27-20-8-6-19(7-9-20)24(25(33)31-22-12-10-21(28)11-13-22)32(17-18-4-2-1-3-5-18)26(34)23-16-29-14-15-30-23/h1-16,24H,17H2,(H,31,33). The molecule has 1 aromatic heterocycles. The molecule has 0 saturated heterocycles. The molecular formula is C26H20F2N4O2. The topological polar surface area (TPSA) is 75.2 Å². The van der Waals surface area contributed by atoms with Crippen LogP contribution in [-0.2, 0) is 11.3 Å². The third-order valence-electron chi connectivity index (χ3n) is 5.10. The monoisotopic (exact) mass is 458 g/mol. The van der Waals surface area contributed by atoms with Gasteiger partial charge in [-0.3, -0.25) is 14.6 Å². The minimum atomic E-state index is -1.14. The number of carbonyl (C=O) groups excluding carboxylic acids is 2. The first-order valence-corrected chi connectivity index (χ1v) is 10.4. The molecule has 0 spiro atoms. The van der Waals surface area contributed by atoms with Gasteiger partial charge in [0, 0.05) is 24.6 Å². The Morgan fingerprint density at radius 3 is 2.12 bits per heavy atom. The normalized spacial score (nSPS) is 11.5. The van der Waals surface area contributed by atoms with E-state index in [4.69, 9.17) is 0 Å². The highest BCUT2D eigenvalue weighted by Gasteiger charge is 2.33. The molecule has 1 N–H and O–H groups in total. The average molecular weight is 458 g/mol. The molecule has 2 amide bonds. The summed E-state index contributed by atoms with van der Waals surface area (Å²) in [5.74, 6) is -2.00. The van der Waals surface area contributed by atoms with Crippen molar-refractivity contribution in [2.24, 2.45) is 0 Å². The third-order valence-corrected chi connectivity index (χ3v) is 5.10. The predicted molar refractivity (Wildman–Crippen MR) is 123 cm³/mol. The molecule has 1 atom stereocenters. The molecule has 1 heterocycles. The van der Waals surface area contributed by atoms with Crippen molar-refractivity contribution in [2.75, 3.05) is 5.32 Å². The molecule has 0 radical (unpaired) electrons. The summed E-state index contributed by atoms with van der Waals surface area (Å²) < 4.78 is 27.0. The molecular weight excluding hydrogens is 438 g/mol. The smallest absolute Gasteiger partial charge is 0.275 e. The minimum Gasteiger partial charge on any atom is -0.324 e. The van der Waals surface area contributed by atoms with Crippen LogP contribution in [0.1, 0.15) is 27.7 Å². The molecule has 34 heavy (non-hydrogen) atoms. The average Bonchev–Trinajstić information content (AvgIpc) is 2.87. The van der Waals surface area contributed by atoms with E-state index in [9.17, 15) is 18.4 Å². The van der Waals surface area contributed by atoms with Crippen LogP contribution in [0.3, 0.4) is 0 Å². The van der Waals surface area contributed by atoms with E-state index in [-0.39, 0.29) is 12.2 Å². The van der Waals surface area contributed by atoms with Gasteiger partial charge in [0.25, 0.3) is 11.8 Å². The summed E-state index contributed by atoms with van der Waals surface area (Å²) in [7, 11) is 0. The number of rotatable bonds is 7. The van der Waals surface area contributed by atoms with Crippen molar-refractivity contribution < 1.29 is 18.4 Å². The maximum absolute atomic E-state index is 13.7. The highest BCUT2D eigenvalue weighted by molar-refractivity contribution is 6.00. The maximum atomic E-state index is 13.7. The molecule has 1 unspecified atom stereocenters. The second-order valence-corrected chi connectivity index (χ2v) is 7.46. The van der Waals surface area contributed by atoms with Crippen molar-refractivity contribution in [1.82, 2.24) is 14.9 Å². The molecule has 6 nitrogen and oxygen atoms in total. The van der Waals surface area contributed by atoms with Gasteiger partial charge in [0.15, 0.2) is 0 Å². The Morgan fingerprint density at radius 1 is 0.853 bits per heavy atom. The largest absolute Gasteiger partial charge is 0.324 e. The first kappa shape index (κ1) is 22.7. The number of halogens is 2. The zero-order valence-corrected chi connectivity index (χ0v) is 17.9. The van der Waals surface area contributed by atoms with E-state index in [0.717, 1.165) is 5.56 Å². The van der Waals surface area contributed by atoms with Gasteiger partial charge in [-0.2, -0.15) is 0 Å². The molecule has 4 aromatic rings. The summed E-state index contributed by atoms with van der Waals surface area (Å²) >= 11 is 0. The summed E-state index contributed by atoms with van der Waals surface area (Å²) in [6.07, 6.45) is 4.15. The van der Waals surface area contributed by atoms with Gasteiger partial charge in [-0.05, 0) is 47.5 Å². The Morgan fingerprint density at radius 2 is 1.50 bits per heavy atom. The molecule has 0 fully saturated rings. The fourth-order valence-corrected chi connectivity index (χ4v) is 3.48. The quantitative estimate of drug-likeness (QED) is 0.433. The maximum Gasteiger partial charge on any atom is 0.275 e. The lowest BCUT2D eigenvalue weighted by atomic mass is 10.0. The summed E-state index contributed by atoms with van der Waals surface area (Å²) in [5.41, 5.74) is 1.58. The first-order chi connectivity index (χ1) is 16.5. The zero-order chi connectivity index (χ0) is 23.9. The Balaban J connectivity index is 1.77. The Bertz CT molecular complexity index is 1250.